The summed E-state index contributed by atoms with van der Waals surface area (Å²) in [5, 5.41) is 3.42. The Morgan fingerprint density at radius 3 is 2.38 bits per heavy atom. The van der Waals surface area contributed by atoms with Crippen LogP contribution in [0.4, 0.5) is 4.39 Å². The van der Waals surface area contributed by atoms with Gasteiger partial charge in [0.1, 0.15) is 5.82 Å². The Morgan fingerprint density at radius 1 is 1.10 bits per heavy atom. The van der Waals surface area contributed by atoms with Gasteiger partial charge in [0.05, 0.1) is 0 Å². The summed E-state index contributed by atoms with van der Waals surface area (Å²) >= 11 is 0. The van der Waals surface area contributed by atoms with Gasteiger partial charge in [-0.1, -0.05) is 32.0 Å². The predicted octanol–water partition coefficient (Wildman–Crippen LogP) is 2.50. The van der Waals surface area contributed by atoms with Crippen molar-refractivity contribution >= 4 is 0 Å². The normalized spacial score (nSPS) is 18.8. The van der Waals surface area contributed by atoms with E-state index in [1.54, 1.807) is 12.1 Å². The van der Waals surface area contributed by atoms with Crippen LogP contribution in [0.15, 0.2) is 24.3 Å². The molecule has 118 valence electrons. The lowest BCUT2D eigenvalue weighted by Crippen LogP contribution is -2.46. The minimum Gasteiger partial charge on any atom is -0.310 e. The highest BCUT2D eigenvalue weighted by Gasteiger charge is 2.19. The molecule has 1 aliphatic heterocycles. The van der Waals surface area contributed by atoms with E-state index in [0.29, 0.717) is 0 Å². The highest BCUT2D eigenvalue weighted by molar-refractivity contribution is 5.21. The van der Waals surface area contributed by atoms with Crippen LogP contribution in [0, 0.1) is 5.82 Å². The van der Waals surface area contributed by atoms with Gasteiger partial charge in [0, 0.05) is 44.3 Å². The number of benzene rings is 1. The van der Waals surface area contributed by atoms with Gasteiger partial charge in [0.15, 0.2) is 0 Å². The summed E-state index contributed by atoms with van der Waals surface area (Å²) in [6, 6.07) is 7.24. The lowest BCUT2D eigenvalue weighted by Gasteiger charge is -2.34. The lowest BCUT2D eigenvalue weighted by atomic mass is 10.0. The Balaban J connectivity index is 1.88. The number of rotatable bonds is 7. The van der Waals surface area contributed by atoms with Gasteiger partial charge in [-0.2, -0.15) is 0 Å². The molecule has 4 heteroatoms. The van der Waals surface area contributed by atoms with E-state index in [1.165, 1.54) is 0 Å². The number of piperazine rings is 1. The zero-order valence-electron chi connectivity index (χ0n) is 13.3. The summed E-state index contributed by atoms with van der Waals surface area (Å²) in [7, 11) is 0. The molecule has 21 heavy (non-hydrogen) atoms. The van der Waals surface area contributed by atoms with Crippen molar-refractivity contribution < 1.29 is 4.39 Å². The van der Waals surface area contributed by atoms with Crippen LogP contribution in [0.5, 0.6) is 0 Å². The summed E-state index contributed by atoms with van der Waals surface area (Å²) in [6.45, 7) is 11.9. The molecule has 1 N–H and O–H groups in total. The molecule has 0 radical (unpaired) electrons. The third-order valence-corrected chi connectivity index (χ3v) is 4.38. The fourth-order valence-electron chi connectivity index (χ4n) is 3.01. The fraction of sp³-hybridized carbons (Fsp3) is 0.647. The molecule has 1 aromatic rings. The maximum Gasteiger partial charge on any atom is 0.127 e. The number of nitrogens with one attached hydrogen (secondary N) is 1. The van der Waals surface area contributed by atoms with Crippen molar-refractivity contribution in [1.29, 1.82) is 0 Å². The molecule has 1 fully saturated rings. The van der Waals surface area contributed by atoms with E-state index in [1.807, 2.05) is 12.1 Å². The van der Waals surface area contributed by atoms with Crippen LogP contribution in [-0.4, -0.2) is 55.6 Å². The molecule has 0 aromatic heterocycles. The number of nitrogens with zero attached hydrogens (tertiary/aromatic N) is 2. The molecular weight excluding hydrogens is 265 g/mol. The van der Waals surface area contributed by atoms with Crippen molar-refractivity contribution in [3.05, 3.63) is 35.6 Å². The SMILES string of the molecule is CCNC(CCN1CCN(CC)CC1)c1ccccc1F. The van der Waals surface area contributed by atoms with Crippen molar-refractivity contribution in [2.75, 3.05) is 45.8 Å². The quantitative estimate of drug-likeness (QED) is 0.833. The van der Waals surface area contributed by atoms with Crippen molar-refractivity contribution in [3.63, 3.8) is 0 Å². The first-order valence-corrected chi connectivity index (χ1v) is 8.17. The first-order chi connectivity index (χ1) is 10.2. The van der Waals surface area contributed by atoms with E-state index in [2.05, 4.69) is 29.0 Å². The van der Waals surface area contributed by atoms with Gasteiger partial charge in [0.25, 0.3) is 0 Å². The monoisotopic (exact) mass is 293 g/mol. The Kier molecular flexibility index (Phi) is 6.61. The number of hydrogen-bond donors (Lipinski definition) is 1. The van der Waals surface area contributed by atoms with Gasteiger partial charge in [-0.15, -0.1) is 0 Å². The molecule has 1 heterocycles. The number of halogens is 1. The van der Waals surface area contributed by atoms with Crippen LogP contribution in [0.3, 0.4) is 0 Å². The Morgan fingerprint density at radius 2 is 1.76 bits per heavy atom. The van der Waals surface area contributed by atoms with Crippen molar-refractivity contribution in [2.45, 2.75) is 26.3 Å². The molecule has 3 nitrogen and oxygen atoms in total. The van der Waals surface area contributed by atoms with Gasteiger partial charge in [-0.3, -0.25) is 0 Å². The maximum atomic E-state index is 14.0. The molecule has 1 aromatic carbocycles. The first-order valence-electron chi connectivity index (χ1n) is 8.17. The highest BCUT2D eigenvalue weighted by atomic mass is 19.1. The van der Waals surface area contributed by atoms with E-state index >= 15 is 0 Å². The Hall–Kier alpha value is -0.970. The Labute approximate surface area is 128 Å². The van der Waals surface area contributed by atoms with Crippen molar-refractivity contribution in [2.24, 2.45) is 0 Å². The van der Waals surface area contributed by atoms with E-state index in [4.69, 9.17) is 0 Å². The lowest BCUT2D eigenvalue weighted by molar-refractivity contribution is 0.133. The summed E-state index contributed by atoms with van der Waals surface area (Å²) in [5.74, 6) is -0.0979. The standard InChI is InChI=1S/C17H28FN3/c1-3-19-17(15-7-5-6-8-16(15)18)9-10-21-13-11-20(4-2)12-14-21/h5-8,17,19H,3-4,9-14H2,1-2H3. The Bertz CT molecular complexity index is 416. The minimum absolute atomic E-state index is 0.0979. The molecule has 0 bridgehead atoms. The third kappa shape index (κ3) is 4.77. The molecule has 1 aliphatic rings. The largest absolute Gasteiger partial charge is 0.310 e. The molecule has 0 amide bonds. The summed E-state index contributed by atoms with van der Waals surface area (Å²) < 4.78 is 14.0. The zero-order valence-corrected chi connectivity index (χ0v) is 13.3. The topological polar surface area (TPSA) is 18.5 Å². The van der Waals surface area contributed by atoms with Crippen LogP contribution in [0.25, 0.3) is 0 Å². The van der Waals surface area contributed by atoms with Crippen LogP contribution in [0.2, 0.25) is 0 Å². The first kappa shape index (κ1) is 16.4. The van der Waals surface area contributed by atoms with E-state index < -0.39 is 0 Å². The third-order valence-electron chi connectivity index (χ3n) is 4.38. The summed E-state index contributed by atoms with van der Waals surface area (Å²) in [5.41, 5.74) is 0.798. The van der Waals surface area contributed by atoms with E-state index in [9.17, 15) is 4.39 Å². The molecule has 1 atom stereocenters. The van der Waals surface area contributed by atoms with E-state index in [-0.39, 0.29) is 11.9 Å². The number of likely N-dealkylation sites (N-methyl/N-ethyl adjacent to an activating group) is 1. The van der Waals surface area contributed by atoms with Gasteiger partial charge >= 0.3 is 0 Å². The molecule has 0 saturated carbocycles. The predicted molar refractivity (Wildman–Crippen MR) is 86.0 cm³/mol. The zero-order chi connectivity index (χ0) is 15.1. The molecule has 0 spiro atoms. The highest BCUT2D eigenvalue weighted by Crippen LogP contribution is 2.20. The van der Waals surface area contributed by atoms with Crippen LogP contribution in [-0.2, 0) is 0 Å². The van der Waals surface area contributed by atoms with Crippen molar-refractivity contribution in [3.8, 4) is 0 Å². The second kappa shape index (κ2) is 8.47. The second-order valence-electron chi connectivity index (χ2n) is 5.70. The average molecular weight is 293 g/mol. The van der Waals surface area contributed by atoms with Crippen molar-refractivity contribution in [1.82, 2.24) is 15.1 Å². The van der Waals surface area contributed by atoms with Gasteiger partial charge in [-0.25, -0.2) is 4.39 Å². The average Bonchev–Trinajstić information content (AvgIpc) is 2.53. The van der Waals surface area contributed by atoms with Gasteiger partial charge < -0.3 is 15.1 Å². The van der Waals surface area contributed by atoms with Crippen LogP contribution >= 0.6 is 0 Å². The molecule has 1 saturated heterocycles. The summed E-state index contributed by atoms with van der Waals surface area (Å²) in [6.07, 6.45) is 0.959. The summed E-state index contributed by atoms with van der Waals surface area (Å²) in [4.78, 5) is 4.98. The molecule has 1 unspecified atom stereocenters. The molecule has 2 rings (SSSR count). The fourth-order valence-corrected chi connectivity index (χ4v) is 3.01. The van der Waals surface area contributed by atoms with Crippen LogP contribution < -0.4 is 5.32 Å². The maximum absolute atomic E-state index is 14.0. The van der Waals surface area contributed by atoms with Crippen LogP contribution in [0.1, 0.15) is 31.9 Å². The number of hydrogen-bond acceptors (Lipinski definition) is 3. The second-order valence-corrected chi connectivity index (χ2v) is 5.70. The molecule has 0 aliphatic carbocycles. The van der Waals surface area contributed by atoms with E-state index in [0.717, 1.165) is 57.8 Å². The minimum atomic E-state index is -0.0979. The smallest absolute Gasteiger partial charge is 0.127 e. The molecular formula is C17H28FN3. The van der Waals surface area contributed by atoms with Gasteiger partial charge in [-0.05, 0) is 25.6 Å². The van der Waals surface area contributed by atoms with Gasteiger partial charge in [0.2, 0.25) is 0 Å².